The SMILES string of the molecule is Cc1cnc(N(C)[C@@H]2CC[C@@H]3CN(C(=O)c4ccno4)C[C@@H]32)cn1. The standard InChI is InChI=1S/C17H21N5O2/c1-11-7-19-16(8-18-11)21(2)14-4-3-12-9-22(10-13(12)14)17(23)15-5-6-20-24-15/h5-8,12-14H,3-4,9-10H2,1-2H3/t12-,13+,14-/m1/s1. The summed E-state index contributed by atoms with van der Waals surface area (Å²) in [6, 6.07) is 2.02. The van der Waals surface area contributed by atoms with Crippen molar-refractivity contribution in [3.63, 3.8) is 0 Å². The molecule has 0 unspecified atom stereocenters. The van der Waals surface area contributed by atoms with Gasteiger partial charge in [-0.05, 0) is 25.7 Å². The molecule has 1 aliphatic heterocycles. The third-order valence-corrected chi connectivity index (χ3v) is 5.38. The Morgan fingerprint density at radius 2 is 2.17 bits per heavy atom. The van der Waals surface area contributed by atoms with Crippen molar-refractivity contribution in [2.75, 3.05) is 25.0 Å². The van der Waals surface area contributed by atoms with Gasteiger partial charge in [0.15, 0.2) is 0 Å². The lowest BCUT2D eigenvalue weighted by Gasteiger charge is -2.30. The molecule has 1 amide bonds. The van der Waals surface area contributed by atoms with E-state index in [1.54, 1.807) is 12.3 Å². The monoisotopic (exact) mass is 327 g/mol. The number of aryl methyl sites for hydroxylation is 1. The van der Waals surface area contributed by atoms with Gasteiger partial charge in [0.05, 0.1) is 24.3 Å². The van der Waals surface area contributed by atoms with E-state index in [0.29, 0.717) is 23.6 Å². The summed E-state index contributed by atoms with van der Waals surface area (Å²) in [5.41, 5.74) is 0.918. The molecule has 1 saturated carbocycles. The fourth-order valence-electron chi connectivity index (χ4n) is 4.10. The Bertz CT molecular complexity index is 715. The largest absolute Gasteiger partial charge is 0.355 e. The summed E-state index contributed by atoms with van der Waals surface area (Å²) in [5.74, 6) is 2.17. The summed E-state index contributed by atoms with van der Waals surface area (Å²) < 4.78 is 5.01. The fourth-order valence-corrected chi connectivity index (χ4v) is 4.10. The van der Waals surface area contributed by atoms with Crippen molar-refractivity contribution in [2.24, 2.45) is 11.8 Å². The molecule has 0 aromatic carbocycles. The van der Waals surface area contributed by atoms with Crippen LogP contribution in [0.25, 0.3) is 0 Å². The van der Waals surface area contributed by atoms with Crippen LogP contribution in [0, 0.1) is 18.8 Å². The Kier molecular flexibility index (Phi) is 3.70. The summed E-state index contributed by atoms with van der Waals surface area (Å²) in [5, 5.41) is 3.63. The van der Waals surface area contributed by atoms with Crippen LogP contribution in [-0.4, -0.2) is 52.1 Å². The van der Waals surface area contributed by atoms with E-state index in [9.17, 15) is 4.79 Å². The first-order valence-corrected chi connectivity index (χ1v) is 8.35. The summed E-state index contributed by atoms with van der Waals surface area (Å²) in [4.78, 5) is 25.4. The van der Waals surface area contributed by atoms with E-state index in [2.05, 4.69) is 27.1 Å². The third-order valence-electron chi connectivity index (χ3n) is 5.38. The smallest absolute Gasteiger partial charge is 0.292 e. The maximum atomic E-state index is 12.5. The zero-order valence-electron chi connectivity index (χ0n) is 13.9. The molecule has 2 aromatic heterocycles. The molecule has 7 heteroatoms. The normalized spacial score (nSPS) is 25.8. The Hall–Kier alpha value is -2.44. The first-order chi connectivity index (χ1) is 11.6. The molecule has 4 rings (SSSR count). The fraction of sp³-hybridized carbons (Fsp3) is 0.529. The molecular formula is C17H21N5O2. The van der Waals surface area contributed by atoms with E-state index in [-0.39, 0.29) is 5.91 Å². The summed E-state index contributed by atoms with van der Waals surface area (Å²) in [6.45, 7) is 3.50. The van der Waals surface area contributed by atoms with Crippen LogP contribution >= 0.6 is 0 Å². The van der Waals surface area contributed by atoms with Gasteiger partial charge in [0.25, 0.3) is 5.91 Å². The summed E-state index contributed by atoms with van der Waals surface area (Å²) in [6.07, 6.45) is 7.41. The van der Waals surface area contributed by atoms with Crippen molar-refractivity contribution in [1.29, 1.82) is 0 Å². The van der Waals surface area contributed by atoms with Crippen LogP contribution in [0.2, 0.25) is 0 Å². The van der Waals surface area contributed by atoms with Gasteiger partial charge in [-0.15, -0.1) is 0 Å². The van der Waals surface area contributed by atoms with E-state index in [1.165, 1.54) is 6.20 Å². The van der Waals surface area contributed by atoms with Crippen LogP contribution in [0.15, 0.2) is 29.2 Å². The van der Waals surface area contributed by atoms with E-state index in [1.807, 2.05) is 18.0 Å². The quantitative estimate of drug-likeness (QED) is 0.855. The van der Waals surface area contributed by atoms with Crippen molar-refractivity contribution in [3.8, 4) is 0 Å². The molecule has 1 saturated heterocycles. The maximum Gasteiger partial charge on any atom is 0.292 e. The predicted molar refractivity (Wildman–Crippen MR) is 87.6 cm³/mol. The number of likely N-dealkylation sites (tertiary alicyclic amines) is 1. The Labute approximate surface area is 140 Å². The molecule has 2 aliphatic rings. The average molecular weight is 327 g/mol. The van der Waals surface area contributed by atoms with Crippen molar-refractivity contribution < 1.29 is 9.32 Å². The number of carbonyl (C=O) groups excluding carboxylic acids is 1. The lowest BCUT2D eigenvalue weighted by molar-refractivity contribution is 0.0737. The van der Waals surface area contributed by atoms with Crippen molar-refractivity contribution in [3.05, 3.63) is 36.1 Å². The number of carbonyl (C=O) groups is 1. The van der Waals surface area contributed by atoms with Crippen LogP contribution in [0.1, 0.15) is 29.1 Å². The second-order valence-corrected chi connectivity index (χ2v) is 6.78. The van der Waals surface area contributed by atoms with E-state index >= 15 is 0 Å². The Morgan fingerprint density at radius 1 is 1.29 bits per heavy atom. The van der Waals surface area contributed by atoms with Gasteiger partial charge in [0, 0.05) is 38.2 Å². The van der Waals surface area contributed by atoms with E-state index in [4.69, 9.17) is 4.52 Å². The van der Waals surface area contributed by atoms with E-state index < -0.39 is 0 Å². The number of rotatable bonds is 3. The first kappa shape index (κ1) is 15.1. The number of hydrogen-bond acceptors (Lipinski definition) is 6. The van der Waals surface area contributed by atoms with Gasteiger partial charge in [-0.3, -0.25) is 9.78 Å². The van der Waals surface area contributed by atoms with Gasteiger partial charge < -0.3 is 14.3 Å². The van der Waals surface area contributed by atoms with Gasteiger partial charge in [-0.2, -0.15) is 0 Å². The molecule has 0 bridgehead atoms. The lowest BCUT2D eigenvalue weighted by atomic mass is 9.97. The first-order valence-electron chi connectivity index (χ1n) is 8.35. The van der Waals surface area contributed by atoms with Crippen LogP contribution in [0.3, 0.4) is 0 Å². The molecule has 7 nitrogen and oxygen atoms in total. The van der Waals surface area contributed by atoms with Crippen molar-refractivity contribution >= 4 is 11.7 Å². The van der Waals surface area contributed by atoms with Crippen molar-refractivity contribution in [2.45, 2.75) is 25.8 Å². The topological polar surface area (TPSA) is 75.4 Å². The molecule has 0 radical (unpaired) electrons. The molecule has 0 spiro atoms. The minimum absolute atomic E-state index is 0.0570. The number of aromatic nitrogens is 3. The second kappa shape index (κ2) is 5.89. The molecule has 24 heavy (non-hydrogen) atoms. The maximum absolute atomic E-state index is 12.5. The van der Waals surface area contributed by atoms with Gasteiger partial charge >= 0.3 is 0 Å². The lowest BCUT2D eigenvalue weighted by Crippen LogP contribution is -2.39. The van der Waals surface area contributed by atoms with Gasteiger partial charge in [0.1, 0.15) is 5.82 Å². The Morgan fingerprint density at radius 3 is 2.88 bits per heavy atom. The summed E-state index contributed by atoms with van der Waals surface area (Å²) in [7, 11) is 2.08. The van der Waals surface area contributed by atoms with Crippen LogP contribution in [0.5, 0.6) is 0 Å². The molecule has 3 atom stereocenters. The molecular weight excluding hydrogens is 306 g/mol. The van der Waals surface area contributed by atoms with Crippen LogP contribution < -0.4 is 4.90 Å². The minimum atomic E-state index is -0.0570. The molecule has 3 heterocycles. The third kappa shape index (κ3) is 2.53. The number of hydrogen-bond donors (Lipinski definition) is 0. The number of nitrogens with zero attached hydrogens (tertiary/aromatic N) is 5. The zero-order chi connectivity index (χ0) is 16.7. The highest BCUT2D eigenvalue weighted by Gasteiger charge is 2.46. The zero-order valence-corrected chi connectivity index (χ0v) is 13.9. The van der Waals surface area contributed by atoms with Gasteiger partial charge in [-0.1, -0.05) is 5.16 Å². The van der Waals surface area contributed by atoms with Gasteiger partial charge in [0.2, 0.25) is 5.76 Å². The highest BCUT2D eigenvalue weighted by molar-refractivity contribution is 5.91. The average Bonchev–Trinajstić information content (AvgIpc) is 3.31. The highest BCUT2D eigenvalue weighted by Crippen LogP contribution is 2.41. The molecule has 2 aromatic rings. The number of fused-ring (bicyclic) bond motifs is 1. The number of amides is 1. The number of anilines is 1. The molecule has 1 aliphatic carbocycles. The minimum Gasteiger partial charge on any atom is -0.355 e. The van der Waals surface area contributed by atoms with Crippen LogP contribution in [-0.2, 0) is 0 Å². The Balaban J connectivity index is 1.48. The summed E-state index contributed by atoms with van der Waals surface area (Å²) >= 11 is 0. The predicted octanol–water partition coefficient (Wildman–Crippen LogP) is 1.76. The highest BCUT2D eigenvalue weighted by atomic mass is 16.5. The van der Waals surface area contributed by atoms with Crippen molar-refractivity contribution in [1.82, 2.24) is 20.0 Å². The molecule has 126 valence electrons. The molecule has 2 fully saturated rings. The van der Waals surface area contributed by atoms with E-state index in [0.717, 1.165) is 37.4 Å². The second-order valence-electron chi connectivity index (χ2n) is 6.78. The molecule has 0 N–H and O–H groups in total. The van der Waals surface area contributed by atoms with Gasteiger partial charge in [-0.25, -0.2) is 4.98 Å². The van der Waals surface area contributed by atoms with Crippen LogP contribution in [0.4, 0.5) is 5.82 Å².